The zero-order chi connectivity index (χ0) is 26.2. The maximum Gasteiger partial charge on any atom is 0.321 e. The highest BCUT2D eigenvalue weighted by atomic mass is 16.6. The molecule has 6 nitrogen and oxygen atoms in total. The van der Waals surface area contributed by atoms with E-state index in [0.717, 1.165) is 61.2 Å². The summed E-state index contributed by atoms with van der Waals surface area (Å²) in [7, 11) is 0. The van der Waals surface area contributed by atoms with Crippen LogP contribution in [0.5, 0.6) is 11.5 Å². The van der Waals surface area contributed by atoms with E-state index in [-0.39, 0.29) is 13.2 Å². The average molecular weight is 499 g/mol. The number of unbranched alkanes of at least 4 members (excludes halogenated alkanes) is 4. The maximum absolute atomic E-state index is 13.0. The van der Waals surface area contributed by atoms with E-state index >= 15 is 0 Å². The monoisotopic (exact) mass is 498 g/mol. The Labute approximate surface area is 216 Å². The molecule has 2 rings (SSSR count). The zero-order valence-electron chi connectivity index (χ0n) is 22.3. The third kappa shape index (κ3) is 9.21. The van der Waals surface area contributed by atoms with E-state index in [1.54, 1.807) is 13.8 Å². The van der Waals surface area contributed by atoms with Gasteiger partial charge >= 0.3 is 11.9 Å². The Balaban J connectivity index is 2.36. The maximum atomic E-state index is 13.0. The highest BCUT2D eigenvalue weighted by molar-refractivity contribution is 5.96. The van der Waals surface area contributed by atoms with Gasteiger partial charge in [0.25, 0.3) is 0 Å². The zero-order valence-corrected chi connectivity index (χ0v) is 22.3. The van der Waals surface area contributed by atoms with E-state index in [9.17, 15) is 9.59 Å². The number of rotatable bonds is 17. The minimum absolute atomic E-state index is 0.177. The highest BCUT2D eigenvalue weighted by Gasteiger charge is 2.39. The summed E-state index contributed by atoms with van der Waals surface area (Å²) in [6, 6.07) is 15.1. The van der Waals surface area contributed by atoms with Gasteiger partial charge in [-0.1, -0.05) is 63.8 Å². The Hall–Kier alpha value is -3.02. The second kappa shape index (κ2) is 16.6. The minimum Gasteiger partial charge on any atom is -0.494 e. The summed E-state index contributed by atoms with van der Waals surface area (Å²) in [6.45, 7) is 9.43. The van der Waals surface area contributed by atoms with Crippen LogP contribution in [-0.4, -0.2) is 38.4 Å². The Bertz CT molecular complexity index is 817. The number of carbonyl (C=O) groups excluding carboxylic acids is 2. The molecule has 0 unspecified atom stereocenters. The van der Waals surface area contributed by atoms with E-state index in [1.807, 2.05) is 48.5 Å². The fraction of sp³-hybridized carbons (Fsp3) is 0.533. The lowest BCUT2D eigenvalue weighted by Gasteiger charge is -2.25. The van der Waals surface area contributed by atoms with Gasteiger partial charge in [-0.05, 0) is 62.1 Å². The van der Waals surface area contributed by atoms with E-state index in [0.29, 0.717) is 13.2 Å². The molecule has 0 spiro atoms. The fourth-order valence-electron chi connectivity index (χ4n) is 4.04. The standard InChI is InChI=1S/C30H42O6/c1-5-9-11-21-35-25-17-13-23(14-18-25)27(28(29(31)33-7-3)30(32)34-8-4)24-15-19-26(20-16-24)36-22-12-10-6-2/h13-20,27-28H,5-12,21-22H2,1-4H3. The molecule has 2 aromatic carbocycles. The summed E-state index contributed by atoms with van der Waals surface area (Å²) in [5, 5.41) is 0. The first-order chi connectivity index (χ1) is 17.5. The summed E-state index contributed by atoms with van der Waals surface area (Å²) in [5.41, 5.74) is 1.61. The molecule has 0 saturated carbocycles. The van der Waals surface area contributed by atoms with Crippen LogP contribution in [0, 0.1) is 5.92 Å². The molecule has 0 aliphatic rings. The van der Waals surface area contributed by atoms with Gasteiger partial charge in [0, 0.05) is 5.92 Å². The number of carbonyl (C=O) groups is 2. The van der Waals surface area contributed by atoms with Crippen molar-refractivity contribution in [3.05, 3.63) is 59.7 Å². The molecule has 0 bridgehead atoms. The number of hydrogen-bond acceptors (Lipinski definition) is 6. The summed E-state index contributed by atoms with van der Waals surface area (Å²) < 4.78 is 22.3. The van der Waals surface area contributed by atoms with Crippen LogP contribution >= 0.6 is 0 Å². The lowest BCUT2D eigenvalue weighted by atomic mass is 9.80. The molecule has 0 saturated heterocycles. The first kappa shape index (κ1) is 29.2. The van der Waals surface area contributed by atoms with Crippen molar-refractivity contribution in [2.75, 3.05) is 26.4 Å². The van der Waals surface area contributed by atoms with Crippen molar-refractivity contribution in [3.8, 4) is 11.5 Å². The Morgan fingerprint density at radius 2 is 1.00 bits per heavy atom. The molecule has 0 atom stereocenters. The summed E-state index contributed by atoms with van der Waals surface area (Å²) >= 11 is 0. The predicted molar refractivity (Wildman–Crippen MR) is 142 cm³/mol. The van der Waals surface area contributed by atoms with E-state index < -0.39 is 23.8 Å². The molecule has 36 heavy (non-hydrogen) atoms. The van der Waals surface area contributed by atoms with Gasteiger partial charge in [0.1, 0.15) is 11.5 Å². The van der Waals surface area contributed by atoms with Gasteiger partial charge < -0.3 is 18.9 Å². The van der Waals surface area contributed by atoms with Crippen LogP contribution in [0.15, 0.2) is 48.5 Å². The van der Waals surface area contributed by atoms with Crippen LogP contribution in [-0.2, 0) is 19.1 Å². The number of esters is 2. The summed E-state index contributed by atoms with van der Waals surface area (Å²) in [4.78, 5) is 26.0. The average Bonchev–Trinajstić information content (AvgIpc) is 2.89. The van der Waals surface area contributed by atoms with Crippen LogP contribution in [0.3, 0.4) is 0 Å². The molecule has 0 aliphatic carbocycles. The highest BCUT2D eigenvalue weighted by Crippen LogP contribution is 2.36. The Morgan fingerprint density at radius 3 is 1.33 bits per heavy atom. The van der Waals surface area contributed by atoms with Crippen molar-refractivity contribution >= 4 is 11.9 Å². The van der Waals surface area contributed by atoms with Crippen molar-refractivity contribution in [1.82, 2.24) is 0 Å². The lowest BCUT2D eigenvalue weighted by Crippen LogP contribution is -2.34. The molecule has 0 fully saturated rings. The molecule has 6 heteroatoms. The first-order valence-corrected chi connectivity index (χ1v) is 13.3. The van der Waals surface area contributed by atoms with Crippen molar-refractivity contribution in [1.29, 1.82) is 0 Å². The van der Waals surface area contributed by atoms with Gasteiger partial charge in [0.05, 0.1) is 26.4 Å². The second-order valence-corrected chi connectivity index (χ2v) is 8.71. The van der Waals surface area contributed by atoms with Crippen LogP contribution < -0.4 is 9.47 Å². The van der Waals surface area contributed by atoms with E-state index in [2.05, 4.69) is 13.8 Å². The van der Waals surface area contributed by atoms with E-state index in [4.69, 9.17) is 18.9 Å². The van der Waals surface area contributed by atoms with Gasteiger partial charge in [-0.15, -0.1) is 0 Å². The third-order valence-electron chi connectivity index (χ3n) is 5.93. The molecule has 0 heterocycles. The molecule has 0 amide bonds. The number of hydrogen-bond donors (Lipinski definition) is 0. The normalized spacial score (nSPS) is 10.9. The van der Waals surface area contributed by atoms with Crippen molar-refractivity contribution in [2.45, 2.75) is 72.1 Å². The van der Waals surface area contributed by atoms with Gasteiger partial charge in [-0.25, -0.2) is 0 Å². The number of ether oxygens (including phenoxy) is 4. The lowest BCUT2D eigenvalue weighted by molar-refractivity contribution is -0.162. The second-order valence-electron chi connectivity index (χ2n) is 8.71. The first-order valence-electron chi connectivity index (χ1n) is 13.3. The summed E-state index contributed by atoms with van der Waals surface area (Å²) in [6.07, 6.45) is 6.52. The molecule has 0 aromatic heterocycles. The number of benzene rings is 2. The predicted octanol–water partition coefficient (Wildman–Crippen LogP) is 6.70. The molecular weight excluding hydrogens is 456 g/mol. The Morgan fingerprint density at radius 1 is 0.611 bits per heavy atom. The van der Waals surface area contributed by atoms with Gasteiger partial charge in [-0.2, -0.15) is 0 Å². The summed E-state index contributed by atoms with van der Waals surface area (Å²) in [5.74, 6) is -1.38. The smallest absolute Gasteiger partial charge is 0.321 e. The van der Waals surface area contributed by atoms with Gasteiger partial charge in [-0.3, -0.25) is 9.59 Å². The quantitative estimate of drug-likeness (QED) is 0.137. The van der Waals surface area contributed by atoms with Crippen molar-refractivity contribution in [3.63, 3.8) is 0 Å². The SMILES string of the molecule is CCCCCOc1ccc(C(c2ccc(OCCCCC)cc2)C(C(=O)OCC)C(=O)OCC)cc1. The molecule has 2 aromatic rings. The van der Waals surface area contributed by atoms with Crippen molar-refractivity contribution < 1.29 is 28.5 Å². The molecule has 0 aliphatic heterocycles. The van der Waals surface area contributed by atoms with E-state index in [1.165, 1.54) is 0 Å². The molecule has 198 valence electrons. The largest absolute Gasteiger partial charge is 0.494 e. The fourth-order valence-corrected chi connectivity index (χ4v) is 4.04. The topological polar surface area (TPSA) is 71.1 Å². The molecule has 0 radical (unpaired) electrons. The van der Waals surface area contributed by atoms with Gasteiger partial charge in [0.2, 0.25) is 0 Å². The van der Waals surface area contributed by atoms with Gasteiger partial charge in [0.15, 0.2) is 5.92 Å². The van der Waals surface area contributed by atoms with Crippen molar-refractivity contribution in [2.24, 2.45) is 5.92 Å². The van der Waals surface area contributed by atoms with Crippen LogP contribution in [0.1, 0.15) is 83.3 Å². The van der Waals surface area contributed by atoms with Crippen LogP contribution in [0.2, 0.25) is 0 Å². The Kier molecular flexibility index (Phi) is 13.5. The van der Waals surface area contributed by atoms with Crippen LogP contribution in [0.25, 0.3) is 0 Å². The minimum atomic E-state index is -1.13. The third-order valence-corrected chi connectivity index (χ3v) is 5.93. The molecular formula is C30H42O6. The molecule has 0 N–H and O–H groups in total. The van der Waals surface area contributed by atoms with Crippen LogP contribution in [0.4, 0.5) is 0 Å².